The van der Waals surface area contributed by atoms with Crippen molar-refractivity contribution in [1.29, 1.82) is 0 Å². The van der Waals surface area contributed by atoms with Gasteiger partial charge in [-0.05, 0) is 18.6 Å². The van der Waals surface area contributed by atoms with E-state index in [9.17, 15) is 14.9 Å². The molecule has 1 aromatic heterocycles. The number of nitro groups is 1. The van der Waals surface area contributed by atoms with Gasteiger partial charge in [-0.3, -0.25) is 10.1 Å². The van der Waals surface area contributed by atoms with Gasteiger partial charge in [-0.2, -0.15) is 0 Å². The Morgan fingerprint density at radius 1 is 1.50 bits per heavy atom. The third-order valence-corrected chi connectivity index (χ3v) is 2.46. The van der Waals surface area contributed by atoms with Crippen molar-refractivity contribution in [3.63, 3.8) is 0 Å². The van der Waals surface area contributed by atoms with Crippen LogP contribution in [0.1, 0.15) is 21.8 Å². The second-order valence-corrected chi connectivity index (χ2v) is 4.00. The third-order valence-electron chi connectivity index (χ3n) is 2.46. The molecule has 0 aliphatic carbocycles. The van der Waals surface area contributed by atoms with Gasteiger partial charge in [-0.25, -0.2) is 4.79 Å². The van der Waals surface area contributed by atoms with Crippen molar-refractivity contribution in [1.82, 2.24) is 5.16 Å². The van der Waals surface area contributed by atoms with Crippen LogP contribution in [0, 0.1) is 17.0 Å². The molecule has 1 N–H and O–H groups in total. The molecule has 0 spiro atoms. The molecule has 0 fully saturated rings. The number of hydrogen-bond acceptors (Lipinski definition) is 6. The van der Waals surface area contributed by atoms with Crippen molar-refractivity contribution in [3.8, 4) is 5.75 Å². The van der Waals surface area contributed by atoms with Gasteiger partial charge in [0.25, 0.3) is 0 Å². The highest BCUT2D eigenvalue weighted by atomic mass is 16.6. The number of aromatic carboxylic acids is 1. The number of carbonyl (C=O) groups is 1. The smallest absolute Gasteiger partial charge is 0.358 e. The van der Waals surface area contributed by atoms with Crippen LogP contribution < -0.4 is 4.74 Å². The number of hydrogen-bond donors (Lipinski definition) is 1. The van der Waals surface area contributed by atoms with Crippen molar-refractivity contribution in [2.75, 3.05) is 0 Å². The Labute approximate surface area is 112 Å². The third kappa shape index (κ3) is 2.91. The number of benzene rings is 1. The molecule has 0 saturated heterocycles. The molecule has 8 heteroatoms. The first-order valence-electron chi connectivity index (χ1n) is 5.54. The first kappa shape index (κ1) is 13.5. The molecule has 8 nitrogen and oxygen atoms in total. The average molecular weight is 278 g/mol. The quantitative estimate of drug-likeness (QED) is 0.658. The second kappa shape index (κ2) is 5.39. The molecule has 0 atom stereocenters. The lowest BCUT2D eigenvalue weighted by molar-refractivity contribution is -0.386. The minimum Gasteiger partial charge on any atom is -0.479 e. The molecule has 1 heterocycles. The van der Waals surface area contributed by atoms with Gasteiger partial charge in [-0.15, -0.1) is 0 Å². The number of aromatic nitrogens is 1. The number of rotatable bonds is 5. The van der Waals surface area contributed by atoms with E-state index in [2.05, 4.69) is 5.16 Å². The number of carboxylic acid groups (broad SMARTS) is 1. The molecule has 104 valence electrons. The van der Waals surface area contributed by atoms with Crippen LogP contribution in [-0.4, -0.2) is 21.2 Å². The molecule has 1 aromatic carbocycles. The summed E-state index contributed by atoms with van der Waals surface area (Å²) < 4.78 is 10.0. The predicted octanol–water partition coefficient (Wildman–Crippen LogP) is 2.17. The van der Waals surface area contributed by atoms with Crippen LogP contribution in [0.25, 0.3) is 0 Å². The lowest BCUT2D eigenvalue weighted by Gasteiger charge is -2.05. The van der Waals surface area contributed by atoms with Gasteiger partial charge >= 0.3 is 11.7 Å². The maximum absolute atomic E-state index is 10.8. The Kier molecular flexibility index (Phi) is 3.65. The molecule has 2 aromatic rings. The average Bonchev–Trinajstić information content (AvgIpc) is 2.85. The number of ether oxygens (including phenoxy) is 1. The fraction of sp³-hybridized carbons (Fsp3) is 0.167. The van der Waals surface area contributed by atoms with Crippen LogP contribution in [0.4, 0.5) is 5.69 Å². The Morgan fingerprint density at radius 3 is 2.85 bits per heavy atom. The van der Waals surface area contributed by atoms with Crippen LogP contribution in [0.3, 0.4) is 0 Å². The monoisotopic (exact) mass is 278 g/mol. The maximum atomic E-state index is 10.8. The minimum absolute atomic E-state index is 0.0864. The van der Waals surface area contributed by atoms with Crippen LogP contribution in [-0.2, 0) is 6.61 Å². The number of carboxylic acids is 1. The van der Waals surface area contributed by atoms with E-state index in [0.717, 1.165) is 5.56 Å². The summed E-state index contributed by atoms with van der Waals surface area (Å²) >= 11 is 0. The lowest BCUT2D eigenvalue weighted by Crippen LogP contribution is -1.99. The molecule has 0 bridgehead atoms. The zero-order valence-corrected chi connectivity index (χ0v) is 10.4. The SMILES string of the molecule is Cc1ccc([N+](=O)[O-])c(OCc2cc(C(=O)O)no2)c1. The molecule has 0 aliphatic heterocycles. The van der Waals surface area contributed by atoms with E-state index in [4.69, 9.17) is 14.4 Å². The molecule has 0 amide bonds. The van der Waals surface area contributed by atoms with E-state index in [0.29, 0.717) is 0 Å². The summed E-state index contributed by atoms with van der Waals surface area (Å²) in [7, 11) is 0. The Bertz CT molecular complexity index is 664. The molecule has 0 unspecified atom stereocenters. The van der Waals surface area contributed by atoms with Crippen LogP contribution >= 0.6 is 0 Å². The highest BCUT2D eigenvalue weighted by molar-refractivity contribution is 5.85. The molecule has 0 radical (unpaired) electrons. The Hall–Kier alpha value is -2.90. The molecule has 2 rings (SSSR count). The standard InChI is InChI=1S/C12H10N2O6/c1-7-2-3-10(14(17)18)11(4-7)19-6-8-5-9(12(15)16)13-20-8/h2-5H,6H2,1H3,(H,15,16). The van der Waals surface area contributed by atoms with Gasteiger partial charge in [0.2, 0.25) is 0 Å². The van der Waals surface area contributed by atoms with Crippen LogP contribution in [0.5, 0.6) is 5.75 Å². The second-order valence-electron chi connectivity index (χ2n) is 4.00. The van der Waals surface area contributed by atoms with E-state index in [-0.39, 0.29) is 29.5 Å². The van der Waals surface area contributed by atoms with Crippen molar-refractivity contribution in [2.24, 2.45) is 0 Å². The normalized spacial score (nSPS) is 10.2. The fourth-order valence-corrected chi connectivity index (χ4v) is 1.52. The van der Waals surface area contributed by atoms with E-state index < -0.39 is 10.9 Å². The van der Waals surface area contributed by atoms with Gasteiger partial charge in [0.05, 0.1) is 4.92 Å². The van der Waals surface area contributed by atoms with E-state index in [1.165, 1.54) is 18.2 Å². The van der Waals surface area contributed by atoms with Crippen molar-refractivity contribution < 1.29 is 24.1 Å². The summed E-state index contributed by atoms with van der Waals surface area (Å²) in [6.45, 7) is 1.62. The van der Waals surface area contributed by atoms with Crippen molar-refractivity contribution in [2.45, 2.75) is 13.5 Å². The lowest BCUT2D eigenvalue weighted by atomic mass is 10.2. The molecular weight excluding hydrogens is 268 g/mol. The molecule has 0 saturated carbocycles. The van der Waals surface area contributed by atoms with Crippen molar-refractivity contribution in [3.05, 3.63) is 51.4 Å². The first-order chi connectivity index (χ1) is 9.47. The van der Waals surface area contributed by atoms with Gasteiger partial charge in [0, 0.05) is 12.1 Å². The maximum Gasteiger partial charge on any atom is 0.358 e. The summed E-state index contributed by atoms with van der Waals surface area (Å²) in [5.74, 6) is -0.969. The van der Waals surface area contributed by atoms with Gasteiger partial charge in [0.15, 0.2) is 17.2 Å². The molecule has 0 aliphatic rings. The Morgan fingerprint density at radius 2 is 2.25 bits per heavy atom. The first-order valence-corrected chi connectivity index (χ1v) is 5.54. The van der Waals surface area contributed by atoms with Gasteiger partial charge in [-0.1, -0.05) is 11.2 Å². The predicted molar refractivity (Wildman–Crippen MR) is 65.6 cm³/mol. The van der Waals surface area contributed by atoms with Crippen LogP contribution in [0.15, 0.2) is 28.8 Å². The summed E-state index contributed by atoms with van der Waals surface area (Å²) in [6, 6.07) is 5.66. The molecule has 20 heavy (non-hydrogen) atoms. The van der Waals surface area contributed by atoms with Gasteiger partial charge in [0.1, 0.15) is 6.61 Å². The van der Waals surface area contributed by atoms with E-state index >= 15 is 0 Å². The zero-order valence-electron chi connectivity index (χ0n) is 10.4. The number of nitrogens with zero attached hydrogens (tertiary/aromatic N) is 2. The van der Waals surface area contributed by atoms with E-state index in [1.54, 1.807) is 13.0 Å². The Balaban J connectivity index is 2.15. The van der Waals surface area contributed by atoms with E-state index in [1.807, 2.05) is 0 Å². The topological polar surface area (TPSA) is 116 Å². The number of nitro benzene ring substituents is 1. The van der Waals surface area contributed by atoms with Gasteiger partial charge < -0.3 is 14.4 Å². The largest absolute Gasteiger partial charge is 0.479 e. The summed E-state index contributed by atoms with van der Waals surface area (Å²) in [6.07, 6.45) is 0. The highest BCUT2D eigenvalue weighted by Crippen LogP contribution is 2.28. The minimum atomic E-state index is -1.22. The van der Waals surface area contributed by atoms with Crippen LogP contribution in [0.2, 0.25) is 0 Å². The highest BCUT2D eigenvalue weighted by Gasteiger charge is 2.16. The fourth-order valence-electron chi connectivity index (χ4n) is 1.52. The zero-order chi connectivity index (χ0) is 14.7. The summed E-state index contributed by atoms with van der Waals surface area (Å²) in [4.78, 5) is 20.9. The number of aryl methyl sites for hydroxylation is 1. The molecular formula is C12H10N2O6. The summed E-state index contributed by atoms with van der Waals surface area (Å²) in [5, 5.41) is 22.8. The summed E-state index contributed by atoms with van der Waals surface area (Å²) in [5.41, 5.74) is 0.380. The van der Waals surface area contributed by atoms with Crippen molar-refractivity contribution >= 4 is 11.7 Å².